The fraction of sp³-hybridized carbons (Fsp3) is 0.367. The first-order valence-corrected chi connectivity index (χ1v) is 13.6. The Bertz CT molecular complexity index is 1410. The van der Waals surface area contributed by atoms with Crippen molar-refractivity contribution in [3.63, 3.8) is 0 Å². The third-order valence-corrected chi connectivity index (χ3v) is 6.70. The molecule has 12 nitrogen and oxygen atoms in total. The van der Waals surface area contributed by atoms with E-state index in [-0.39, 0.29) is 25.2 Å². The molecule has 12 heteroatoms. The molecule has 1 aromatic heterocycles. The summed E-state index contributed by atoms with van der Waals surface area (Å²) in [5.74, 6) is -5.06. The number of rotatable bonds is 15. The number of aromatic amines is 1. The third kappa shape index (κ3) is 9.16. The summed E-state index contributed by atoms with van der Waals surface area (Å²) in [7, 11) is 0. The Hall–Kier alpha value is -4.71. The van der Waals surface area contributed by atoms with Gasteiger partial charge in [0.15, 0.2) is 0 Å². The number of carboxylic acids is 2. The van der Waals surface area contributed by atoms with Gasteiger partial charge in [-0.15, -0.1) is 0 Å². The van der Waals surface area contributed by atoms with Gasteiger partial charge in [-0.25, -0.2) is 4.79 Å². The van der Waals surface area contributed by atoms with Crippen LogP contribution in [0, 0.1) is 5.92 Å². The molecule has 1 heterocycles. The summed E-state index contributed by atoms with van der Waals surface area (Å²) in [5.41, 5.74) is 8.46. The highest BCUT2D eigenvalue weighted by atomic mass is 16.4. The maximum Gasteiger partial charge on any atom is 0.326 e. The monoisotopic (exact) mass is 579 g/mol. The summed E-state index contributed by atoms with van der Waals surface area (Å²) < 4.78 is 0. The number of hydrogen-bond acceptors (Lipinski definition) is 6. The lowest BCUT2D eigenvalue weighted by molar-refractivity contribution is -0.143. The molecule has 224 valence electrons. The van der Waals surface area contributed by atoms with Crippen molar-refractivity contribution in [3.05, 3.63) is 71.9 Å². The van der Waals surface area contributed by atoms with Crippen LogP contribution in [0.25, 0.3) is 10.9 Å². The minimum absolute atomic E-state index is 0.0241. The van der Waals surface area contributed by atoms with Gasteiger partial charge >= 0.3 is 11.9 Å². The van der Waals surface area contributed by atoms with Gasteiger partial charge in [0.1, 0.15) is 18.1 Å². The molecule has 3 amide bonds. The number of nitrogens with two attached hydrogens (primary N) is 1. The first-order valence-electron chi connectivity index (χ1n) is 13.6. The second kappa shape index (κ2) is 14.8. The standard InChI is InChI=1S/C30H37N5O7/c1-17(2)12-23(28(39)35-25(30(41)42)13-18-8-4-3-5-9-18)34-29(40)24(15-26(36)37)33-27(38)21(31)14-19-16-32-22-11-7-6-10-20(19)22/h3-11,16-17,21,23-25,32H,12-15,31H2,1-2H3,(H,33,38)(H,34,40)(H,35,39)(H,36,37)(H,41,42). The van der Waals surface area contributed by atoms with Gasteiger partial charge in [0.05, 0.1) is 12.5 Å². The fourth-order valence-corrected chi connectivity index (χ4v) is 4.59. The molecular formula is C30H37N5O7. The van der Waals surface area contributed by atoms with Crippen molar-refractivity contribution in [2.45, 2.75) is 63.7 Å². The molecule has 0 aliphatic carbocycles. The summed E-state index contributed by atoms with van der Waals surface area (Å²) in [6.07, 6.45) is 1.28. The van der Waals surface area contributed by atoms with Crippen LogP contribution in [0.4, 0.5) is 0 Å². The fourth-order valence-electron chi connectivity index (χ4n) is 4.59. The Balaban J connectivity index is 1.70. The van der Waals surface area contributed by atoms with Gasteiger partial charge in [0, 0.05) is 23.5 Å². The topological polar surface area (TPSA) is 204 Å². The number of para-hydroxylation sites is 1. The second-order valence-electron chi connectivity index (χ2n) is 10.6. The normalized spacial score (nSPS) is 14.0. The number of aromatic nitrogens is 1. The predicted octanol–water partition coefficient (Wildman–Crippen LogP) is 1.34. The SMILES string of the molecule is CC(C)CC(NC(=O)C(CC(=O)O)NC(=O)C(N)Cc1c[nH]c2ccccc12)C(=O)NC(Cc1ccccc1)C(=O)O. The van der Waals surface area contributed by atoms with Crippen molar-refractivity contribution in [2.75, 3.05) is 0 Å². The third-order valence-electron chi connectivity index (χ3n) is 6.70. The average Bonchev–Trinajstić information content (AvgIpc) is 3.34. The number of nitrogens with one attached hydrogen (secondary N) is 4. The molecule has 3 rings (SSSR count). The molecule has 0 spiro atoms. The molecule has 0 saturated carbocycles. The summed E-state index contributed by atoms with van der Waals surface area (Å²) in [6, 6.07) is 11.2. The summed E-state index contributed by atoms with van der Waals surface area (Å²) in [5, 5.41) is 27.4. The Morgan fingerprint density at radius 3 is 2.02 bits per heavy atom. The van der Waals surface area contributed by atoms with E-state index in [0.29, 0.717) is 5.56 Å². The number of benzene rings is 2. The molecule has 0 radical (unpaired) electrons. The van der Waals surface area contributed by atoms with Crippen LogP contribution in [0.15, 0.2) is 60.8 Å². The minimum atomic E-state index is -1.52. The number of H-pyrrole nitrogens is 1. The Morgan fingerprint density at radius 1 is 0.786 bits per heavy atom. The zero-order valence-electron chi connectivity index (χ0n) is 23.5. The summed E-state index contributed by atoms with van der Waals surface area (Å²) in [6.45, 7) is 3.62. The molecule has 0 saturated heterocycles. The number of hydrogen-bond donors (Lipinski definition) is 7. The number of aliphatic carboxylic acids is 2. The molecule has 42 heavy (non-hydrogen) atoms. The lowest BCUT2D eigenvalue weighted by Crippen LogP contribution is -2.58. The lowest BCUT2D eigenvalue weighted by Gasteiger charge is -2.25. The van der Waals surface area contributed by atoms with Crippen molar-refractivity contribution < 1.29 is 34.2 Å². The van der Waals surface area contributed by atoms with E-state index in [1.54, 1.807) is 36.5 Å². The predicted molar refractivity (Wildman–Crippen MR) is 155 cm³/mol. The Labute approximate surface area is 243 Å². The number of fused-ring (bicyclic) bond motifs is 1. The molecular weight excluding hydrogens is 542 g/mol. The van der Waals surface area contributed by atoms with E-state index in [4.69, 9.17) is 5.73 Å². The summed E-state index contributed by atoms with van der Waals surface area (Å²) >= 11 is 0. The average molecular weight is 580 g/mol. The Morgan fingerprint density at radius 2 is 1.38 bits per heavy atom. The van der Waals surface area contributed by atoms with Crippen LogP contribution < -0.4 is 21.7 Å². The van der Waals surface area contributed by atoms with E-state index in [2.05, 4.69) is 20.9 Å². The van der Waals surface area contributed by atoms with Gasteiger partial charge in [-0.1, -0.05) is 62.4 Å². The van der Waals surface area contributed by atoms with Gasteiger partial charge in [-0.3, -0.25) is 19.2 Å². The molecule has 0 fully saturated rings. The molecule has 3 aromatic rings. The van der Waals surface area contributed by atoms with Crippen LogP contribution in [0.1, 0.15) is 37.8 Å². The van der Waals surface area contributed by atoms with Crippen LogP contribution in [0.3, 0.4) is 0 Å². The second-order valence-corrected chi connectivity index (χ2v) is 10.6. The zero-order valence-corrected chi connectivity index (χ0v) is 23.5. The van der Waals surface area contributed by atoms with E-state index in [1.807, 2.05) is 38.1 Å². The van der Waals surface area contributed by atoms with Gasteiger partial charge < -0.3 is 36.9 Å². The van der Waals surface area contributed by atoms with Crippen molar-refractivity contribution in [3.8, 4) is 0 Å². The van der Waals surface area contributed by atoms with Crippen LogP contribution in [0.5, 0.6) is 0 Å². The molecule has 0 bridgehead atoms. The molecule has 4 unspecified atom stereocenters. The van der Waals surface area contributed by atoms with Gasteiger partial charge in [0.2, 0.25) is 17.7 Å². The molecule has 4 atom stereocenters. The van der Waals surface area contributed by atoms with Gasteiger partial charge in [-0.05, 0) is 36.0 Å². The van der Waals surface area contributed by atoms with Crippen LogP contribution in [-0.2, 0) is 36.8 Å². The quantitative estimate of drug-likeness (QED) is 0.140. The minimum Gasteiger partial charge on any atom is -0.481 e. The van der Waals surface area contributed by atoms with Crippen molar-refractivity contribution in [2.24, 2.45) is 11.7 Å². The van der Waals surface area contributed by atoms with E-state index in [9.17, 15) is 34.2 Å². The van der Waals surface area contributed by atoms with Crippen molar-refractivity contribution in [1.82, 2.24) is 20.9 Å². The number of carboxylic acid groups (broad SMARTS) is 2. The Kier molecular flexibility index (Phi) is 11.2. The first-order chi connectivity index (χ1) is 19.9. The van der Waals surface area contributed by atoms with E-state index in [1.165, 1.54) is 0 Å². The number of amides is 3. The highest BCUT2D eigenvalue weighted by Crippen LogP contribution is 2.19. The number of carbonyl (C=O) groups excluding carboxylic acids is 3. The van der Waals surface area contributed by atoms with Gasteiger partial charge in [0.25, 0.3) is 0 Å². The van der Waals surface area contributed by atoms with Crippen molar-refractivity contribution >= 4 is 40.6 Å². The molecule has 0 aliphatic rings. The summed E-state index contributed by atoms with van der Waals surface area (Å²) in [4.78, 5) is 65.8. The van der Waals surface area contributed by atoms with Crippen LogP contribution in [0.2, 0.25) is 0 Å². The highest BCUT2D eigenvalue weighted by Gasteiger charge is 2.32. The van der Waals surface area contributed by atoms with Crippen molar-refractivity contribution in [1.29, 1.82) is 0 Å². The first kappa shape index (κ1) is 31.8. The largest absolute Gasteiger partial charge is 0.481 e. The van der Waals surface area contributed by atoms with E-state index in [0.717, 1.165) is 16.5 Å². The maximum absolute atomic E-state index is 13.2. The smallest absolute Gasteiger partial charge is 0.326 e. The molecule has 0 aliphatic heterocycles. The zero-order chi connectivity index (χ0) is 30.8. The molecule has 8 N–H and O–H groups in total. The highest BCUT2D eigenvalue weighted by molar-refractivity contribution is 5.96. The van der Waals surface area contributed by atoms with Gasteiger partial charge in [-0.2, -0.15) is 0 Å². The van der Waals surface area contributed by atoms with Crippen LogP contribution >= 0.6 is 0 Å². The number of carbonyl (C=O) groups is 5. The lowest BCUT2D eigenvalue weighted by atomic mass is 10.0. The molecule has 2 aromatic carbocycles. The van der Waals surface area contributed by atoms with E-state index >= 15 is 0 Å². The van der Waals surface area contributed by atoms with E-state index < -0.39 is 60.2 Å². The maximum atomic E-state index is 13.2. The van der Waals surface area contributed by atoms with Crippen LogP contribution in [-0.4, -0.2) is 69.0 Å².